The van der Waals surface area contributed by atoms with Gasteiger partial charge in [-0.25, -0.2) is 0 Å². The molecule has 2 aliphatic rings. The number of hydrogen-bond donors (Lipinski definition) is 0. The molecule has 1 fully saturated rings. The Bertz CT molecular complexity index is 972. The molecule has 3 rings (SSSR count). The van der Waals surface area contributed by atoms with Gasteiger partial charge in [-0.2, -0.15) is 0 Å². The van der Waals surface area contributed by atoms with Crippen molar-refractivity contribution >= 4 is 11.3 Å². The van der Waals surface area contributed by atoms with Gasteiger partial charge < -0.3 is 0 Å². The van der Waals surface area contributed by atoms with Crippen LogP contribution >= 0.6 is 0 Å². The summed E-state index contributed by atoms with van der Waals surface area (Å²) in [5.74, 6) is 0.732. The zero-order chi connectivity index (χ0) is 24.4. The van der Waals surface area contributed by atoms with E-state index in [1.807, 2.05) is 13.8 Å². The van der Waals surface area contributed by atoms with Crippen molar-refractivity contribution in [3.05, 3.63) is 88.2 Å². The predicted molar refractivity (Wildman–Crippen MR) is 149 cm³/mol. The quantitative estimate of drug-likeness (QED) is 0.294. The van der Waals surface area contributed by atoms with Crippen LogP contribution in [0.25, 0.3) is 5.57 Å². The van der Waals surface area contributed by atoms with E-state index in [1.165, 1.54) is 59.1 Å². The summed E-state index contributed by atoms with van der Waals surface area (Å²) >= 11 is 0. The molecule has 33 heavy (non-hydrogen) atoms. The first-order valence-corrected chi connectivity index (χ1v) is 13.0. The molecule has 0 bridgehead atoms. The maximum absolute atomic E-state index is 4.90. The summed E-state index contributed by atoms with van der Waals surface area (Å²) in [6, 6.07) is 6.88. The maximum atomic E-state index is 4.90. The number of hydrogen-bond acceptors (Lipinski definition) is 1. The minimum Gasteiger partial charge on any atom is -0.254 e. The SMILES string of the molecule is C=C(C1=CC(C)=C(c2ccc(C)cc2CC)CC1)C(C)=NC(=C\C)/C=C/C1CCCC1.CC. The smallest absolute Gasteiger partial charge is 0.0587 e. The lowest BCUT2D eigenvalue weighted by Gasteiger charge is -2.22. The maximum Gasteiger partial charge on any atom is 0.0587 e. The normalized spacial score (nSPS) is 17.8. The second kappa shape index (κ2) is 13.3. The molecular weight excluding hydrogens is 398 g/mol. The molecule has 1 saturated carbocycles. The van der Waals surface area contributed by atoms with Crippen molar-refractivity contribution in [2.45, 2.75) is 93.4 Å². The average molecular weight is 444 g/mol. The second-order valence-corrected chi connectivity index (χ2v) is 9.14. The molecule has 0 aromatic heterocycles. The number of allylic oxidation sites excluding steroid dienone is 8. The van der Waals surface area contributed by atoms with Gasteiger partial charge in [0.1, 0.15) is 0 Å². The zero-order valence-corrected chi connectivity index (χ0v) is 22.2. The first kappa shape index (κ1) is 26.8. The van der Waals surface area contributed by atoms with Crippen LogP contribution in [0.3, 0.4) is 0 Å². The fourth-order valence-corrected chi connectivity index (χ4v) is 4.85. The van der Waals surface area contributed by atoms with Gasteiger partial charge in [0, 0.05) is 5.71 Å². The standard InChI is InChI=1S/C30H39N.C2H6/c1-7-26-19-21(3)13-17-30(26)29-18-15-27(20-22(29)4)23(5)24(6)31-28(8-2)16-14-25-11-9-10-12-25;1-2/h8,13-14,16-17,19-20,25H,5,7,9-12,15,18H2,1-4,6H3;1-2H3/b16-14+,28-8-,31-24?;. The van der Waals surface area contributed by atoms with Crippen molar-refractivity contribution < 1.29 is 0 Å². The second-order valence-electron chi connectivity index (χ2n) is 9.14. The summed E-state index contributed by atoms with van der Waals surface area (Å²) < 4.78 is 0. The summed E-state index contributed by atoms with van der Waals surface area (Å²) in [6.07, 6.45) is 17.5. The summed E-state index contributed by atoms with van der Waals surface area (Å²) in [5.41, 5.74) is 11.5. The Morgan fingerprint density at radius 3 is 2.42 bits per heavy atom. The lowest BCUT2D eigenvalue weighted by molar-refractivity contribution is 0.685. The van der Waals surface area contributed by atoms with Gasteiger partial charge in [0.2, 0.25) is 0 Å². The Kier molecular flexibility index (Phi) is 10.8. The van der Waals surface area contributed by atoms with Gasteiger partial charge >= 0.3 is 0 Å². The first-order valence-electron chi connectivity index (χ1n) is 13.0. The monoisotopic (exact) mass is 443 g/mol. The van der Waals surface area contributed by atoms with Gasteiger partial charge in [0.15, 0.2) is 0 Å². The zero-order valence-electron chi connectivity index (χ0n) is 22.2. The van der Waals surface area contributed by atoms with Crippen LogP contribution in [0.4, 0.5) is 0 Å². The molecule has 0 radical (unpaired) electrons. The van der Waals surface area contributed by atoms with E-state index in [1.54, 1.807) is 0 Å². The van der Waals surface area contributed by atoms with Gasteiger partial charge in [0.05, 0.1) is 5.70 Å². The van der Waals surface area contributed by atoms with Gasteiger partial charge in [-0.1, -0.05) is 82.2 Å². The van der Waals surface area contributed by atoms with Crippen LogP contribution in [0, 0.1) is 12.8 Å². The molecule has 1 nitrogen and oxygen atoms in total. The molecule has 0 heterocycles. The van der Waals surface area contributed by atoms with Crippen LogP contribution in [-0.4, -0.2) is 5.71 Å². The Balaban J connectivity index is 0.00000187. The lowest BCUT2D eigenvalue weighted by atomic mass is 9.83. The molecule has 0 aliphatic heterocycles. The topological polar surface area (TPSA) is 12.4 Å². The molecule has 0 N–H and O–H groups in total. The highest BCUT2D eigenvalue weighted by molar-refractivity contribution is 6.02. The van der Waals surface area contributed by atoms with Crippen molar-refractivity contribution in [3.63, 3.8) is 0 Å². The van der Waals surface area contributed by atoms with Crippen molar-refractivity contribution in [3.8, 4) is 0 Å². The van der Waals surface area contributed by atoms with Crippen LogP contribution in [0.15, 0.2) is 76.5 Å². The number of aryl methyl sites for hydroxylation is 2. The van der Waals surface area contributed by atoms with Crippen LogP contribution in [0.2, 0.25) is 0 Å². The molecule has 0 unspecified atom stereocenters. The molecule has 178 valence electrons. The lowest BCUT2D eigenvalue weighted by Crippen LogP contribution is -2.06. The van der Waals surface area contributed by atoms with E-state index in [9.17, 15) is 0 Å². The number of aliphatic imine (C=N–C) groups is 1. The van der Waals surface area contributed by atoms with E-state index in [-0.39, 0.29) is 0 Å². The highest BCUT2D eigenvalue weighted by Crippen LogP contribution is 2.36. The minimum absolute atomic E-state index is 0.732. The van der Waals surface area contributed by atoms with E-state index >= 15 is 0 Å². The number of nitrogens with zero attached hydrogens (tertiary/aromatic N) is 1. The van der Waals surface area contributed by atoms with Crippen molar-refractivity contribution in [2.75, 3.05) is 0 Å². The van der Waals surface area contributed by atoms with E-state index < -0.39 is 0 Å². The van der Waals surface area contributed by atoms with E-state index in [4.69, 9.17) is 4.99 Å². The summed E-state index contributed by atoms with van der Waals surface area (Å²) in [7, 11) is 0. The molecule has 1 aromatic rings. The summed E-state index contributed by atoms with van der Waals surface area (Å²) in [6.45, 7) is 19.2. The summed E-state index contributed by atoms with van der Waals surface area (Å²) in [4.78, 5) is 4.90. The van der Waals surface area contributed by atoms with Crippen LogP contribution < -0.4 is 0 Å². The van der Waals surface area contributed by atoms with Crippen molar-refractivity contribution in [1.29, 1.82) is 0 Å². The van der Waals surface area contributed by atoms with Crippen LogP contribution in [0.1, 0.15) is 96.8 Å². The fraction of sp³-hybridized carbons (Fsp3) is 0.469. The van der Waals surface area contributed by atoms with E-state index in [2.05, 4.69) is 83.7 Å². The average Bonchev–Trinajstić information content (AvgIpc) is 3.36. The molecule has 1 heteroatoms. The molecule has 2 aliphatic carbocycles. The van der Waals surface area contributed by atoms with Gasteiger partial charge in [-0.3, -0.25) is 4.99 Å². The summed E-state index contributed by atoms with van der Waals surface area (Å²) in [5, 5.41) is 0. The van der Waals surface area contributed by atoms with Crippen molar-refractivity contribution in [2.24, 2.45) is 10.9 Å². The van der Waals surface area contributed by atoms with Crippen molar-refractivity contribution in [1.82, 2.24) is 0 Å². The third kappa shape index (κ3) is 7.29. The Labute approximate surface area is 203 Å². The Morgan fingerprint density at radius 2 is 1.82 bits per heavy atom. The third-order valence-corrected chi connectivity index (χ3v) is 6.83. The fourth-order valence-electron chi connectivity index (χ4n) is 4.85. The largest absolute Gasteiger partial charge is 0.254 e. The third-order valence-electron chi connectivity index (χ3n) is 6.83. The van der Waals surface area contributed by atoms with Gasteiger partial charge in [-0.05, 0) is 105 Å². The number of rotatable bonds is 7. The first-order chi connectivity index (χ1) is 15.9. The highest BCUT2D eigenvalue weighted by Gasteiger charge is 2.17. The molecule has 0 amide bonds. The van der Waals surface area contributed by atoms with E-state index in [0.29, 0.717) is 0 Å². The predicted octanol–water partition coefficient (Wildman–Crippen LogP) is 9.74. The van der Waals surface area contributed by atoms with Gasteiger partial charge in [0.25, 0.3) is 0 Å². The molecule has 0 atom stereocenters. The molecule has 0 saturated heterocycles. The van der Waals surface area contributed by atoms with Crippen LogP contribution in [-0.2, 0) is 6.42 Å². The molecule has 0 spiro atoms. The highest BCUT2D eigenvalue weighted by atomic mass is 14.7. The number of benzene rings is 1. The Hall–Kier alpha value is -2.41. The molecular formula is C32H45N. The molecule has 1 aromatic carbocycles. The van der Waals surface area contributed by atoms with E-state index in [0.717, 1.165) is 42.2 Å². The van der Waals surface area contributed by atoms with Crippen LogP contribution in [0.5, 0.6) is 0 Å². The minimum atomic E-state index is 0.732. The Morgan fingerprint density at radius 1 is 1.12 bits per heavy atom. The van der Waals surface area contributed by atoms with Gasteiger partial charge in [-0.15, -0.1) is 0 Å².